The van der Waals surface area contributed by atoms with E-state index in [1.54, 1.807) is 0 Å². The molecule has 0 saturated heterocycles. The molecule has 0 aliphatic heterocycles. The standard InChI is InChI=1S/C9H6Cl4O2/c1-4(14)3-15-9-7(12)5(10)2-6(11)8(9)13/h2H,3H2,1H3. The highest BCUT2D eigenvalue weighted by atomic mass is 35.5. The first-order chi connectivity index (χ1) is 6.93. The highest BCUT2D eigenvalue weighted by molar-refractivity contribution is 6.48. The second-order valence-electron chi connectivity index (χ2n) is 2.79. The molecule has 0 saturated carbocycles. The average molecular weight is 288 g/mol. The Balaban J connectivity index is 3.09. The molecule has 0 fully saturated rings. The van der Waals surface area contributed by atoms with Gasteiger partial charge < -0.3 is 4.74 Å². The third-order valence-electron chi connectivity index (χ3n) is 1.49. The highest BCUT2D eigenvalue weighted by Crippen LogP contribution is 2.42. The van der Waals surface area contributed by atoms with E-state index in [1.165, 1.54) is 13.0 Å². The molecule has 0 aliphatic rings. The van der Waals surface area contributed by atoms with Crippen molar-refractivity contribution in [2.75, 3.05) is 6.61 Å². The number of carbonyl (C=O) groups excluding carboxylic acids is 1. The number of hydrogen-bond donors (Lipinski definition) is 0. The van der Waals surface area contributed by atoms with Gasteiger partial charge in [-0.15, -0.1) is 0 Å². The Morgan fingerprint density at radius 2 is 1.67 bits per heavy atom. The van der Waals surface area contributed by atoms with Crippen LogP contribution in [-0.4, -0.2) is 12.4 Å². The largest absolute Gasteiger partial charge is 0.483 e. The van der Waals surface area contributed by atoms with Crippen LogP contribution in [0.15, 0.2) is 6.07 Å². The zero-order valence-electron chi connectivity index (χ0n) is 7.61. The van der Waals surface area contributed by atoms with Crippen molar-refractivity contribution in [3.63, 3.8) is 0 Å². The molecule has 0 aromatic heterocycles. The molecule has 0 spiro atoms. The first-order valence-electron chi connectivity index (χ1n) is 3.88. The first kappa shape index (κ1) is 12.9. The number of hydrogen-bond acceptors (Lipinski definition) is 2. The molecule has 2 nitrogen and oxygen atoms in total. The van der Waals surface area contributed by atoms with E-state index in [4.69, 9.17) is 51.1 Å². The van der Waals surface area contributed by atoms with Gasteiger partial charge in [0.2, 0.25) is 0 Å². The lowest BCUT2D eigenvalue weighted by molar-refractivity contribution is -0.118. The Kier molecular flexibility index (Phi) is 4.53. The number of ether oxygens (including phenoxy) is 1. The van der Waals surface area contributed by atoms with Crippen molar-refractivity contribution < 1.29 is 9.53 Å². The molecule has 0 radical (unpaired) electrons. The minimum absolute atomic E-state index is 0.129. The summed E-state index contributed by atoms with van der Waals surface area (Å²) in [5.41, 5.74) is 0. The van der Waals surface area contributed by atoms with Crippen molar-refractivity contribution in [2.45, 2.75) is 6.92 Å². The van der Waals surface area contributed by atoms with E-state index in [1.807, 2.05) is 0 Å². The summed E-state index contributed by atoms with van der Waals surface area (Å²) in [4.78, 5) is 10.7. The van der Waals surface area contributed by atoms with Crippen molar-refractivity contribution in [1.29, 1.82) is 0 Å². The summed E-state index contributed by atoms with van der Waals surface area (Å²) in [6.45, 7) is 1.25. The minimum atomic E-state index is -0.154. The lowest BCUT2D eigenvalue weighted by atomic mass is 10.3. The van der Waals surface area contributed by atoms with Gasteiger partial charge in [0.25, 0.3) is 0 Å². The van der Waals surface area contributed by atoms with Crippen LogP contribution in [0.5, 0.6) is 5.75 Å². The maximum absolute atomic E-state index is 10.7. The van der Waals surface area contributed by atoms with Gasteiger partial charge in [-0.3, -0.25) is 4.79 Å². The molecule has 0 unspecified atom stereocenters. The Hall–Kier alpha value is -0.150. The minimum Gasteiger partial charge on any atom is -0.483 e. The van der Waals surface area contributed by atoms with Gasteiger partial charge >= 0.3 is 0 Å². The topological polar surface area (TPSA) is 26.3 Å². The van der Waals surface area contributed by atoms with E-state index in [-0.39, 0.29) is 38.2 Å². The third-order valence-corrected chi connectivity index (χ3v) is 3.03. The monoisotopic (exact) mass is 286 g/mol. The van der Waals surface area contributed by atoms with Gasteiger partial charge in [0, 0.05) is 0 Å². The smallest absolute Gasteiger partial charge is 0.167 e. The quantitative estimate of drug-likeness (QED) is 0.776. The molecule has 0 atom stereocenters. The maximum atomic E-state index is 10.7. The van der Waals surface area contributed by atoms with Gasteiger partial charge in [-0.25, -0.2) is 0 Å². The second-order valence-corrected chi connectivity index (χ2v) is 4.36. The van der Waals surface area contributed by atoms with Crippen LogP contribution < -0.4 is 4.74 Å². The molecule has 1 aromatic carbocycles. The molecule has 6 heteroatoms. The van der Waals surface area contributed by atoms with E-state index in [0.29, 0.717) is 0 Å². The zero-order chi connectivity index (χ0) is 11.6. The Morgan fingerprint density at radius 1 is 1.20 bits per heavy atom. The number of carbonyl (C=O) groups is 1. The van der Waals surface area contributed by atoms with Crippen molar-refractivity contribution in [1.82, 2.24) is 0 Å². The second kappa shape index (κ2) is 5.26. The van der Waals surface area contributed by atoms with Crippen LogP contribution in [0, 0.1) is 0 Å². The van der Waals surface area contributed by atoms with Crippen LogP contribution in [0.1, 0.15) is 6.92 Å². The van der Waals surface area contributed by atoms with E-state index in [0.717, 1.165) is 0 Å². The fraction of sp³-hybridized carbons (Fsp3) is 0.222. The van der Waals surface area contributed by atoms with Crippen molar-refractivity contribution in [3.05, 3.63) is 26.2 Å². The summed E-state index contributed by atoms with van der Waals surface area (Å²) in [6.07, 6.45) is 0. The van der Waals surface area contributed by atoms with Crippen LogP contribution in [0.4, 0.5) is 0 Å². The van der Waals surface area contributed by atoms with Gasteiger partial charge in [0.05, 0.1) is 10.0 Å². The Bertz CT molecular complexity index is 377. The van der Waals surface area contributed by atoms with E-state index in [9.17, 15) is 4.79 Å². The molecule has 1 aromatic rings. The van der Waals surface area contributed by atoms with Crippen molar-refractivity contribution in [3.8, 4) is 5.75 Å². The lowest BCUT2D eigenvalue weighted by Crippen LogP contribution is -2.07. The fourth-order valence-corrected chi connectivity index (χ4v) is 1.75. The number of rotatable bonds is 3. The predicted molar refractivity (Wildman–Crippen MR) is 62.7 cm³/mol. The van der Waals surface area contributed by atoms with Crippen LogP contribution >= 0.6 is 46.4 Å². The zero-order valence-corrected chi connectivity index (χ0v) is 10.6. The number of ketones is 1. The van der Waals surface area contributed by atoms with Gasteiger partial charge in [-0.2, -0.15) is 0 Å². The molecule has 82 valence electrons. The van der Waals surface area contributed by atoms with Gasteiger partial charge in [0.15, 0.2) is 11.5 Å². The van der Waals surface area contributed by atoms with Crippen LogP contribution in [-0.2, 0) is 4.79 Å². The lowest BCUT2D eigenvalue weighted by Gasteiger charge is -2.10. The first-order valence-corrected chi connectivity index (χ1v) is 5.40. The predicted octanol–water partition coefficient (Wildman–Crippen LogP) is 4.27. The Morgan fingerprint density at radius 3 is 2.07 bits per heavy atom. The number of halogens is 4. The molecule has 15 heavy (non-hydrogen) atoms. The normalized spacial score (nSPS) is 10.2. The van der Waals surface area contributed by atoms with Crippen LogP contribution in [0.2, 0.25) is 20.1 Å². The van der Waals surface area contributed by atoms with E-state index >= 15 is 0 Å². The van der Waals surface area contributed by atoms with Crippen LogP contribution in [0.3, 0.4) is 0 Å². The number of benzene rings is 1. The van der Waals surface area contributed by atoms with E-state index in [2.05, 4.69) is 0 Å². The molecule has 1 rings (SSSR count). The summed E-state index contributed by atoms with van der Waals surface area (Å²) in [5.74, 6) is -0.0238. The summed E-state index contributed by atoms with van der Waals surface area (Å²) < 4.78 is 5.11. The number of Topliss-reactive ketones (excluding diaryl/α,β-unsaturated/α-hetero) is 1. The summed E-state index contributed by atoms with van der Waals surface area (Å²) >= 11 is 23.2. The van der Waals surface area contributed by atoms with E-state index < -0.39 is 0 Å². The summed E-state index contributed by atoms with van der Waals surface area (Å²) in [5, 5.41) is 0.744. The van der Waals surface area contributed by atoms with Crippen molar-refractivity contribution >= 4 is 52.2 Å². The molecular weight excluding hydrogens is 282 g/mol. The molecule has 0 aliphatic carbocycles. The van der Waals surface area contributed by atoms with Gasteiger partial charge in [-0.05, 0) is 13.0 Å². The maximum Gasteiger partial charge on any atom is 0.167 e. The van der Waals surface area contributed by atoms with Gasteiger partial charge in [-0.1, -0.05) is 46.4 Å². The molecular formula is C9H6Cl4O2. The fourth-order valence-electron chi connectivity index (χ4n) is 0.852. The highest BCUT2D eigenvalue weighted by Gasteiger charge is 2.15. The molecule has 0 bridgehead atoms. The summed E-state index contributed by atoms with van der Waals surface area (Å²) in [6, 6.07) is 1.41. The summed E-state index contributed by atoms with van der Waals surface area (Å²) in [7, 11) is 0. The Labute approximate surface area is 107 Å². The van der Waals surface area contributed by atoms with Crippen molar-refractivity contribution in [2.24, 2.45) is 0 Å². The third kappa shape index (κ3) is 3.15. The van der Waals surface area contributed by atoms with Crippen LogP contribution in [0.25, 0.3) is 0 Å². The molecule has 0 heterocycles. The SMILES string of the molecule is CC(=O)COc1c(Cl)c(Cl)cc(Cl)c1Cl. The molecule has 0 N–H and O–H groups in total. The van der Waals surface area contributed by atoms with Gasteiger partial charge in [0.1, 0.15) is 16.7 Å². The average Bonchev–Trinajstić information content (AvgIpc) is 2.14. The molecule has 0 amide bonds.